The van der Waals surface area contributed by atoms with Crippen LogP contribution in [0.2, 0.25) is 0 Å². The molecule has 2 rings (SSSR count). The number of nitrogens with two attached hydrogens (primary N) is 2. The van der Waals surface area contributed by atoms with E-state index >= 15 is 0 Å². The van der Waals surface area contributed by atoms with Crippen LogP contribution in [0.15, 0.2) is 12.3 Å². The lowest BCUT2D eigenvalue weighted by Gasteiger charge is -2.22. The molecule has 0 aliphatic heterocycles. The van der Waals surface area contributed by atoms with Crippen molar-refractivity contribution in [3.05, 3.63) is 17.8 Å². The Hall–Kier alpha value is -1.82. The van der Waals surface area contributed by atoms with Crippen LogP contribution >= 0.6 is 0 Å². The molecular formula is C14H22N4O2. The summed E-state index contributed by atoms with van der Waals surface area (Å²) in [6.07, 6.45) is 8.00. The van der Waals surface area contributed by atoms with Crippen LogP contribution in [0.3, 0.4) is 0 Å². The van der Waals surface area contributed by atoms with E-state index in [2.05, 4.69) is 10.3 Å². The Morgan fingerprint density at radius 1 is 1.40 bits per heavy atom. The van der Waals surface area contributed by atoms with E-state index in [0.717, 1.165) is 12.8 Å². The second-order valence-corrected chi connectivity index (χ2v) is 5.08. The SMILES string of the molecule is NC(=O)c1cc(NCCOC2CCCCC2)ncc1N. The van der Waals surface area contributed by atoms with Gasteiger partial charge in [-0.25, -0.2) is 4.98 Å². The van der Waals surface area contributed by atoms with Crippen molar-refractivity contribution in [2.45, 2.75) is 38.2 Å². The van der Waals surface area contributed by atoms with E-state index in [1.54, 1.807) is 6.07 Å². The third-order valence-electron chi connectivity index (χ3n) is 3.51. The van der Waals surface area contributed by atoms with Crippen molar-refractivity contribution in [3.63, 3.8) is 0 Å². The van der Waals surface area contributed by atoms with Crippen LogP contribution in [0, 0.1) is 0 Å². The zero-order valence-electron chi connectivity index (χ0n) is 11.6. The van der Waals surface area contributed by atoms with Crippen LogP contribution in [0.1, 0.15) is 42.5 Å². The number of aromatic nitrogens is 1. The molecule has 0 aromatic carbocycles. The molecule has 110 valence electrons. The summed E-state index contributed by atoms with van der Waals surface area (Å²) in [5.74, 6) is 0.0339. The zero-order chi connectivity index (χ0) is 14.4. The van der Waals surface area contributed by atoms with Crippen LogP contribution in [-0.2, 0) is 4.74 Å². The maximum absolute atomic E-state index is 11.2. The average molecular weight is 278 g/mol. The Morgan fingerprint density at radius 3 is 2.85 bits per heavy atom. The molecule has 0 spiro atoms. The summed E-state index contributed by atoms with van der Waals surface area (Å²) in [4.78, 5) is 15.3. The van der Waals surface area contributed by atoms with Gasteiger partial charge in [0.25, 0.3) is 5.91 Å². The van der Waals surface area contributed by atoms with Crippen LogP contribution in [-0.4, -0.2) is 30.1 Å². The van der Waals surface area contributed by atoms with Gasteiger partial charge in [-0.3, -0.25) is 4.79 Å². The summed E-state index contributed by atoms with van der Waals surface area (Å²) in [5, 5.41) is 3.11. The van der Waals surface area contributed by atoms with Gasteiger partial charge in [0.2, 0.25) is 0 Å². The van der Waals surface area contributed by atoms with E-state index in [0.29, 0.717) is 30.8 Å². The summed E-state index contributed by atoms with van der Waals surface area (Å²) in [6.45, 7) is 1.27. The van der Waals surface area contributed by atoms with Crippen molar-refractivity contribution >= 4 is 17.4 Å². The number of nitrogens with zero attached hydrogens (tertiary/aromatic N) is 1. The number of nitrogens with one attached hydrogen (secondary N) is 1. The molecule has 1 aliphatic carbocycles. The summed E-state index contributed by atoms with van der Waals surface area (Å²) in [7, 11) is 0. The molecule has 6 nitrogen and oxygen atoms in total. The minimum atomic E-state index is -0.550. The molecule has 1 aromatic heterocycles. The van der Waals surface area contributed by atoms with E-state index in [1.165, 1.54) is 25.5 Å². The lowest BCUT2D eigenvalue weighted by atomic mass is 9.98. The van der Waals surface area contributed by atoms with E-state index in [-0.39, 0.29) is 5.56 Å². The topological polar surface area (TPSA) is 103 Å². The van der Waals surface area contributed by atoms with Crippen LogP contribution in [0.25, 0.3) is 0 Å². The lowest BCUT2D eigenvalue weighted by molar-refractivity contribution is 0.0347. The first-order valence-corrected chi connectivity index (χ1v) is 7.07. The Bertz CT molecular complexity index is 458. The van der Waals surface area contributed by atoms with Gasteiger partial charge >= 0.3 is 0 Å². The molecule has 0 saturated heterocycles. The number of rotatable bonds is 6. The Kier molecular flexibility index (Phi) is 5.17. The first-order chi connectivity index (χ1) is 9.66. The van der Waals surface area contributed by atoms with Crippen molar-refractivity contribution in [1.82, 2.24) is 4.98 Å². The second kappa shape index (κ2) is 7.09. The predicted molar refractivity (Wildman–Crippen MR) is 78.5 cm³/mol. The lowest BCUT2D eigenvalue weighted by Crippen LogP contribution is -2.21. The first-order valence-electron chi connectivity index (χ1n) is 7.07. The molecule has 0 bridgehead atoms. The minimum Gasteiger partial charge on any atom is -0.397 e. The molecule has 1 aliphatic rings. The fourth-order valence-electron chi connectivity index (χ4n) is 2.41. The quantitative estimate of drug-likeness (QED) is 0.685. The van der Waals surface area contributed by atoms with Gasteiger partial charge in [-0.15, -0.1) is 0 Å². The largest absolute Gasteiger partial charge is 0.397 e. The number of anilines is 2. The molecule has 1 aromatic rings. The molecule has 1 saturated carbocycles. The monoisotopic (exact) mass is 278 g/mol. The van der Waals surface area contributed by atoms with Crippen molar-refractivity contribution in [2.24, 2.45) is 5.73 Å². The van der Waals surface area contributed by atoms with E-state index in [4.69, 9.17) is 16.2 Å². The maximum atomic E-state index is 11.2. The fraction of sp³-hybridized carbons (Fsp3) is 0.571. The molecule has 1 heterocycles. The predicted octanol–water partition coefficient (Wildman–Crippen LogP) is 1.52. The Balaban J connectivity index is 1.76. The zero-order valence-corrected chi connectivity index (χ0v) is 11.6. The van der Waals surface area contributed by atoms with Crippen molar-refractivity contribution in [1.29, 1.82) is 0 Å². The molecule has 0 atom stereocenters. The number of carbonyl (C=O) groups excluding carboxylic acids is 1. The smallest absolute Gasteiger partial charge is 0.250 e. The number of amides is 1. The van der Waals surface area contributed by atoms with Gasteiger partial charge in [-0.05, 0) is 18.9 Å². The normalized spacial score (nSPS) is 16.0. The summed E-state index contributed by atoms with van der Waals surface area (Å²) < 4.78 is 5.80. The van der Waals surface area contributed by atoms with E-state index in [9.17, 15) is 4.79 Å². The Morgan fingerprint density at radius 2 is 2.15 bits per heavy atom. The third-order valence-corrected chi connectivity index (χ3v) is 3.51. The summed E-state index contributed by atoms with van der Waals surface area (Å²) in [6, 6.07) is 1.57. The number of pyridine rings is 1. The highest BCUT2D eigenvalue weighted by atomic mass is 16.5. The van der Waals surface area contributed by atoms with Crippen molar-refractivity contribution in [3.8, 4) is 0 Å². The fourth-order valence-corrected chi connectivity index (χ4v) is 2.41. The number of hydrogen-bond donors (Lipinski definition) is 3. The van der Waals surface area contributed by atoms with Gasteiger partial charge in [-0.2, -0.15) is 0 Å². The standard InChI is InChI=1S/C14H22N4O2/c15-12-9-18-13(8-11(12)14(16)19)17-6-7-20-10-4-2-1-3-5-10/h8-10H,1-7,15H2,(H2,16,19)(H,17,18). The molecule has 20 heavy (non-hydrogen) atoms. The highest BCUT2D eigenvalue weighted by Crippen LogP contribution is 2.20. The molecule has 5 N–H and O–H groups in total. The van der Waals surface area contributed by atoms with Gasteiger partial charge < -0.3 is 21.5 Å². The van der Waals surface area contributed by atoms with Crippen molar-refractivity contribution in [2.75, 3.05) is 24.2 Å². The van der Waals surface area contributed by atoms with Gasteiger partial charge in [0.05, 0.1) is 30.2 Å². The summed E-state index contributed by atoms with van der Waals surface area (Å²) in [5.41, 5.74) is 11.4. The van der Waals surface area contributed by atoms with Crippen LogP contribution in [0.5, 0.6) is 0 Å². The molecule has 0 radical (unpaired) electrons. The number of hydrogen-bond acceptors (Lipinski definition) is 5. The molecule has 6 heteroatoms. The van der Waals surface area contributed by atoms with E-state index in [1.807, 2.05) is 0 Å². The molecule has 1 fully saturated rings. The molecular weight excluding hydrogens is 256 g/mol. The van der Waals surface area contributed by atoms with Gasteiger partial charge in [0.1, 0.15) is 5.82 Å². The molecule has 0 unspecified atom stereocenters. The van der Waals surface area contributed by atoms with E-state index < -0.39 is 5.91 Å². The number of ether oxygens (including phenoxy) is 1. The number of primary amides is 1. The first kappa shape index (κ1) is 14.6. The van der Waals surface area contributed by atoms with Gasteiger partial charge in [-0.1, -0.05) is 19.3 Å². The minimum absolute atomic E-state index is 0.288. The van der Waals surface area contributed by atoms with Crippen LogP contribution < -0.4 is 16.8 Å². The maximum Gasteiger partial charge on any atom is 0.250 e. The average Bonchev–Trinajstić information content (AvgIpc) is 2.46. The second-order valence-electron chi connectivity index (χ2n) is 5.08. The van der Waals surface area contributed by atoms with Crippen molar-refractivity contribution < 1.29 is 9.53 Å². The van der Waals surface area contributed by atoms with Gasteiger partial charge in [0.15, 0.2) is 0 Å². The third kappa shape index (κ3) is 4.09. The highest BCUT2D eigenvalue weighted by molar-refractivity contribution is 5.98. The highest BCUT2D eigenvalue weighted by Gasteiger charge is 2.13. The van der Waals surface area contributed by atoms with Gasteiger partial charge in [0, 0.05) is 6.54 Å². The molecule has 1 amide bonds. The number of nitrogen functional groups attached to an aromatic ring is 1. The summed E-state index contributed by atoms with van der Waals surface area (Å²) >= 11 is 0. The van der Waals surface area contributed by atoms with Crippen LogP contribution in [0.4, 0.5) is 11.5 Å². The Labute approximate surface area is 118 Å². The number of carbonyl (C=O) groups is 1.